The molecule has 0 atom stereocenters. The van der Waals surface area contributed by atoms with Crippen LogP contribution in [-0.2, 0) is 6.54 Å². The fourth-order valence-corrected chi connectivity index (χ4v) is 2.67. The average molecular weight is 306 g/mol. The number of terminal acetylenes is 1. The van der Waals surface area contributed by atoms with Gasteiger partial charge in [0.25, 0.3) is 0 Å². The van der Waals surface area contributed by atoms with E-state index in [0.29, 0.717) is 34.0 Å². The third-order valence-electron chi connectivity index (χ3n) is 3.43. The van der Waals surface area contributed by atoms with Gasteiger partial charge in [0.2, 0.25) is 0 Å². The quantitative estimate of drug-likeness (QED) is 0.873. The first-order valence-corrected chi connectivity index (χ1v) is 7.12. The van der Waals surface area contributed by atoms with Crippen molar-refractivity contribution in [2.45, 2.75) is 25.3 Å². The first-order chi connectivity index (χ1) is 9.63. The number of halogens is 2. The average Bonchev–Trinajstić information content (AvgIpc) is 3.22. The van der Waals surface area contributed by atoms with E-state index in [2.05, 4.69) is 10.9 Å². The van der Waals surface area contributed by atoms with Crippen LogP contribution in [0, 0.1) is 12.3 Å². The molecule has 1 heterocycles. The van der Waals surface area contributed by atoms with E-state index in [4.69, 9.17) is 35.4 Å². The Morgan fingerprint density at radius 2 is 2.15 bits per heavy atom. The van der Waals surface area contributed by atoms with Crippen LogP contribution in [-0.4, -0.2) is 9.55 Å². The zero-order chi connectivity index (χ0) is 14.3. The summed E-state index contributed by atoms with van der Waals surface area (Å²) < 4.78 is 1.89. The zero-order valence-corrected chi connectivity index (χ0v) is 12.2. The molecule has 1 saturated carbocycles. The second-order valence-electron chi connectivity index (χ2n) is 4.87. The third-order valence-corrected chi connectivity index (χ3v) is 4.25. The van der Waals surface area contributed by atoms with Crippen LogP contribution in [0.15, 0.2) is 18.2 Å². The van der Waals surface area contributed by atoms with Crippen LogP contribution in [0.3, 0.4) is 0 Å². The van der Waals surface area contributed by atoms with Crippen molar-refractivity contribution < 1.29 is 0 Å². The van der Waals surface area contributed by atoms with E-state index in [1.54, 1.807) is 6.07 Å². The number of benzene rings is 1. The second-order valence-corrected chi connectivity index (χ2v) is 5.65. The maximum atomic E-state index is 6.26. The highest BCUT2D eigenvalue weighted by atomic mass is 35.5. The number of nitrogens with two attached hydrogens (primary N) is 1. The van der Waals surface area contributed by atoms with E-state index in [0.717, 1.165) is 24.2 Å². The molecule has 3 nitrogen and oxygen atoms in total. The Labute approximate surface area is 127 Å². The topological polar surface area (TPSA) is 43.8 Å². The van der Waals surface area contributed by atoms with E-state index < -0.39 is 0 Å². The standard InChI is InChI=1S/C15H13Cl2N3/c1-2-8-20-14(18)13(19-15(20)9-6-7-9)10-4-3-5-11(16)12(10)17/h1,3-5,9H,6-8,18H2. The van der Waals surface area contributed by atoms with E-state index in [1.807, 2.05) is 16.7 Å². The normalized spacial score (nSPS) is 14.2. The van der Waals surface area contributed by atoms with Gasteiger partial charge in [0.1, 0.15) is 17.3 Å². The summed E-state index contributed by atoms with van der Waals surface area (Å²) in [5.74, 6) is 4.58. The number of nitrogen functional groups attached to an aromatic ring is 1. The zero-order valence-electron chi connectivity index (χ0n) is 10.7. The van der Waals surface area contributed by atoms with Gasteiger partial charge < -0.3 is 10.3 Å². The summed E-state index contributed by atoms with van der Waals surface area (Å²) >= 11 is 12.3. The molecule has 1 aliphatic carbocycles. The molecule has 1 fully saturated rings. The van der Waals surface area contributed by atoms with Crippen LogP contribution < -0.4 is 5.73 Å². The number of nitrogens with zero attached hydrogens (tertiary/aromatic N) is 2. The summed E-state index contributed by atoms with van der Waals surface area (Å²) in [5.41, 5.74) is 7.62. The van der Waals surface area contributed by atoms with Gasteiger partial charge >= 0.3 is 0 Å². The molecule has 102 valence electrons. The molecular formula is C15H13Cl2N3. The largest absolute Gasteiger partial charge is 0.383 e. The van der Waals surface area contributed by atoms with Gasteiger partial charge in [0.15, 0.2) is 0 Å². The van der Waals surface area contributed by atoms with Crippen molar-refractivity contribution in [2.24, 2.45) is 0 Å². The van der Waals surface area contributed by atoms with E-state index in [9.17, 15) is 0 Å². The van der Waals surface area contributed by atoms with Gasteiger partial charge in [-0.25, -0.2) is 4.98 Å². The van der Waals surface area contributed by atoms with Crippen LogP contribution in [0.4, 0.5) is 5.82 Å². The number of anilines is 1. The Kier molecular flexibility index (Phi) is 3.37. The lowest BCUT2D eigenvalue weighted by atomic mass is 10.1. The predicted octanol–water partition coefficient (Wildman–Crippen LogP) is 3.95. The smallest absolute Gasteiger partial charge is 0.132 e. The van der Waals surface area contributed by atoms with Crippen molar-refractivity contribution in [1.82, 2.24) is 9.55 Å². The summed E-state index contributed by atoms with van der Waals surface area (Å²) in [4.78, 5) is 4.66. The van der Waals surface area contributed by atoms with E-state index >= 15 is 0 Å². The van der Waals surface area contributed by atoms with Crippen molar-refractivity contribution in [3.05, 3.63) is 34.1 Å². The van der Waals surface area contributed by atoms with Crippen LogP contribution in [0.25, 0.3) is 11.3 Å². The molecule has 0 radical (unpaired) electrons. The number of imidazole rings is 1. The molecule has 1 aromatic carbocycles. The number of hydrogen-bond donors (Lipinski definition) is 1. The highest BCUT2D eigenvalue weighted by Crippen LogP contribution is 2.43. The molecule has 0 amide bonds. The molecular weight excluding hydrogens is 293 g/mol. The first kappa shape index (κ1) is 13.4. The second kappa shape index (κ2) is 5.05. The number of rotatable bonds is 3. The Morgan fingerprint density at radius 3 is 2.80 bits per heavy atom. The first-order valence-electron chi connectivity index (χ1n) is 6.37. The monoisotopic (exact) mass is 305 g/mol. The van der Waals surface area contributed by atoms with Gasteiger partial charge in [-0.1, -0.05) is 41.3 Å². The summed E-state index contributed by atoms with van der Waals surface area (Å²) in [7, 11) is 0. The lowest BCUT2D eigenvalue weighted by Gasteiger charge is -2.06. The van der Waals surface area contributed by atoms with Crippen molar-refractivity contribution >= 4 is 29.0 Å². The molecule has 2 aromatic rings. The molecule has 0 saturated heterocycles. The lowest BCUT2D eigenvalue weighted by molar-refractivity contribution is 0.762. The highest BCUT2D eigenvalue weighted by Gasteiger charge is 2.31. The van der Waals surface area contributed by atoms with E-state index in [-0.39, 0.29) is 0 Å². The van der Waals surface area contributed by atoms with Crippen molar-refractivity contribution in [3.8, 4) is 23.6 Å². The number of aromatic nitrogens is 2. The molecule has 0 spiro atoms. The molecule has 3 rings (SSSR count). The Bertz CT molecular complexity index is 709. The summed E-state index contributed by atoms with van der Waals surface area (Å²) in [6.07, 6.45) is 7.68. The van der Waals surface area contributed by atoms with Gasteiger partial charge in [0, 0.05) is 11.5 Å². The molecule has 2 N–H and O–H groups in total. The van der Waals surface area contributed by atoms with Gasteiger partial charge in [-0.05, 0) is 18.9 Å². The van der Waals surface area contributed by atoms with Crippen molar-refractivity contribution in [2.75, 3.05) is 5.73 Å². The van der Waals surface area contributed by atoms with Crippen LogP contribution in [0.1, 0.15) is 24.6 Å². The fraction of sp³-hybridized carbons (Fsp3) is 0.267. The number of hydrogen-bond acceptors (Lipinski definition) is 2. The fourth-order valence-electron chi connectivity index (χ4n) is 2.28. The molecule has 20 heavy (non-hydrogen) atoms. The molecule has 1 aliphatic rings. The van der Waals surface area contributed by atoms with Crippen LogP contribution in [0.5, 0.6) is 0 Å². The van der Waals surface area contributed by atoms with Crippen molar-refractivity contribution in [3.63, 3.8) is 0 Å². The van der Waals surface area contributed by atoms with Crippen LogP contribution in [0.2, 0.25) is 10.0 Å². The van der Waals surface area contributed by atoms with Gasteiger partial charge in [-0.2, -0.15) is 0 Å². The molecule has 5 heteroatoms. The maximum Gasteiger partial charge on any atom is 0.132 e. The van der Waals surface area contributed by atoms with Crippen LogP contribution >= 0.6 is 23.2 Å². The third kappa shape index (κ3) is 2.15. The molecule has 0 unspecified atom stereocenters. The SMILES string of the molecule is C#CCn1c(C2CC2)nc(-c2cccc(Cl)c2Cl)c1N. The summed E-state index contributed by atoms with van der Waals surface area (Å²) in [6, 6.07) is 5.44. The van der Waals surface area contributed by atoms with Gasteiger partial charge in [0.05, 0.1) is 16.6 Å². The summed E-state index contributed by atoms with van der Waals surface area (Å²) in [6.45, 7) is 0.419. The summed E-state index contributed by atoms with van der Waals surface area (Å²) in [5, 5.41) is 0.955. The Morgan fingerprint density at radius 1 is 1.40 bits per heavy atom. The predicted molar refractivity (Wildman–Crippen MR) is 82.9 cm³/mol. The minimum atomic E-state index is 0.419. The Balaban J connectivity index is 2.17. The molecule has 0 bridgehead atoms. The van der Waals surface area contributed by atoms with Gasteiger partial charge in [-0.3, -0.25) is 0 Å². The van der Waals surface area contributed by atoms with Crippen molar-refractivity contribution in [1.29, 1.82) is 0 Å². The molecule has 1 aromatic heterocycles. The van der Waals surface area contributed by atoms with Gasteiger partial charge in [-0.15, -0.1) is 6.42 Å². The minimum absolute atomic E-state index is 0.419. The minimum Gasteiger partial charge on any atom is -0.383 e. The highest BCUT2D eigenvalue weighted by molar-refractivity contribution is 6.43. The Hall–Kier alpha value is -1.63. The lowest BCUT2D eigenvalue weighted by Crippen LogP contribution is -2.05. The maximum absolute atomic E-state index is 6.26. The molecule has 0 aliphatic heterocycles. The van der Waals surface area contributed by atoms with E-state index in [1.165, 1.54) is 0 Å².